The second-order valence-electron chi connectivity index (χ2n) is 16.1. The number of phenols is 1. The zero-order valence-corrected chi connectivity index (χ0v) is 32.8. The molecule has 0 spiro atoms. The van der Waals surface area contributed by atoms with Crippen molar-refractivity contribution in [2.75, 3.05) is 24.7 Å². The number of ether oxygens (including phenoxy) is 1. The van der Waals surface area contributed by atoms with Gasteiger partial charge in [-0.1, -0.05) is 71.1 Å². The number of allylic oxidation sites excluding steroid dienone is 3. The number of rotatable bonds is 7. The molecule has 2 aromatic rings. The summed E-state index contributed by atoms with van der Waals surface area (Å²) in [4.78, 5) is 3.34. The van der Waals surface area contributed by atoms with E-state index in [1.54, 1.807) is 27.7 Å². The second kappa shape index (κ2) is 17.4. The summed E-state index contributed by atoms with van der Waals surface area (Å²) in [5.41, 5.74) is 10.6. The van der Waals surface area contributed by atoms with Crippen molar-refractivity contribution in [2.24, 2.45) is 40.7 Å². The summed E-state index contributed by atoms with van der Waals surface area (Å²) < 4.78 is 6.70. The SMILES string of the molecule is CCC12C#CC3C=CC(c4ccc(O)c(OC5CC(Cc6ccc[nH]6)C6=CCNC(N)=C6CSSCC(CO)C5O)c4)CC(O)C3C(O)C(CCC1)CC2. The molecule has 9 N–H and O–H groups in total. The van der Waals surface area contributed by atoms with Crippen LogP contribution in [0.15, 0.2) is 71.7 Å². The topological polar surface area (TPSA) is 164 Å². The number of aromatic hydroxyl groups is 1. The predicted octanol–water partition coefficient (Wildman–Crippen LogP) is 5.77. The van der Waals surface area contributed by atoms with Crippen LogP contribution in [0.4, 0.5) is 0 Å². The Morgan fingerprint density at radius 1 is 1.06 bits per heavy atom. The molecule has 54 heavy (non-hydrogen) atoms. The number of phenolic OH excluding ortho intramolecular Hbond substituents is 1. The van der Waals surface area contributed by atoms with Gasteiger partial charge in [-0.3, -0.25) is 0 Å². The molecule has 3 aliphatic carbocycles. The lowest BCUT2D eigenvalue weighted by Gasteiger charge is -2.34. The standard InChI is InChI=1S/C43H57N3O6S2/c1-2-43-14-3-5-27(12-16-43)41(51)39-26(11-15-43)7-8-28(20-36(39)49)29-9-10-35(48)37(21-29)52-38-22-30(19-32-6-4-17-45-32)33-13-18-46-42(44)34(33)25-54-53-24-31(23-47)40(38)50/h4,6-10,13,17,21,26-28,30-31,36,38-41,45-51H,2-3,5,12,14,16,18-20,22-25,44H2,1H3. The highest BCUT2D eigenvalue weighted by Crippen LogP contribution is 2.46. The first-order valence-electron chi connectivity index (χ1n) is 19.8. The minimum atomic E-state index is -1.02. The van der Waals surface area contributed by atoms with E-state index in [1.165, 1.54) is 0 Å². The maximum absolute atomic E-state index is 11.9. The van der Waals surface area contributed by atoms with E-state index in [4.69, 9.17) is 10.5 Å². The van der Waals surface area contributed by atoms with Crippen molar-refractivity contribution in [1.82, 2.24) is 10.3 Å². The summed E-state index contributed by atoms with van der Waals surface area (Å²) >= 11 is 0. The van der Waals surface area contributed by atoms with E-state index in [0.29, 0.717) is 43.1 Å². The molecule has 2 bridgehead atoms. The number of hydrogen-bond acceptors (Lipinski definition) is 10. The van der Waals surface area contributed by atoms with Crippen LogP contribution < -0.4 is 15.8 Å². The molecule has 0 radical (unpaired) electrons. The van der Waals surface area contributed by atoms with Gasteiger partial charge >= 0.3 is 0 Å². The molecular formula is C43H57N3O6S2. The lowest BCUT2D eigenvalue weighted by molar-refractivity contribution is -0.0344. The van der Waals surface area contributed by atoms with E-state index in [9.17, 15) is 25.5 Å². The highest BCUT2D eigenvalue weighted by molar-refractivity contribution is 8.76. The number of fused-ring (bicyclic) bond motifs is 5. The van der Waals surface area contributed by atoms with Crippen LogP contribution in [-0.2, 0) is 6.42 Å². The molecule has 1 saturated heterocycles. The molecule has 11 atom stereocenters. The number of nitrogens with two attached hydrogens (primary N) is 1. The van der Waals surface area contributed by atoms with E-state index >= 15 is 0 Å². The van der Waals surface area contributed by atoms with Crippen molar-refractivity contribution in [3.63, 3.8) is 0 Å². The molecule has 7 rings (SSSR count). The van der Waals surface area contributed by atoms with Gasteiger partial charge in [-0.2, -0.15) is 0 Å². The summed E-state index contributed by atoms with van der Waals surface area (Å²) in [7, 11) is 3.26. The third-order valence-corrected chi connectivity index (χ3v) is 15.3. The number of nitrogens with one attached hydrogen (secondary N) is 2. The van der Waals surface area contributed by atoms with Gasteiger partial charge in [0.25, 0.3) is 0 Å². The Morgan fingerprint density at radius 2 is 1.93 bits per heavy atom. The lowest BCUT2D eigenvalue weighted by atomic mass is 9.76. The van der Waals surface area contributed by atoms with Gasteiger partial charge in [-0.25, -0.2) is 0 Å². The monoisotopic (exact) mass is 775 g/mol. The van der Waals surface area contributed by atoms with Crippen molar-refractivity contribution < 1.29 is 30.3 Å². The highest BCUT2D eigenvalue weighted by atomic mass is 33.1. The highest BCUT2D eigenvalue weighted by Gasteiger charge is 2.43. The summed E-state index contributed by atoms with van der Waals surface area (Å²) in [6.45, 7) is 2.61. The molecule has 5 aliphatic rings. The number of aromatic amines is 1. The van der Waals surface area contributed by atoms with Gasteiger partial charge in [0.2, 0.25) is 0 Å². The Balaban J connectivity index is 1.20. The number of aromatic nitrogens is 1. The molecule has 3 heterocycles. The molecule has 9 nitrogen and oxygen atoms in total. The maximum Gasteiger partial charge on any atom is 0.161 e. The Bertz CT molecular complexity index is 1750. The number of hydrogen-bond donors (Lipinski definition) is 8. The summed E-state index contributed by atoms with van der Waals surface area (Å²) in [5.74, 6) is 8.01. The molecular weight excluding hydrogens is 719 g/mol. The van der Waals surface area contributed by atoms with Gasteiger partial charge in [0.05, 0.1) is 18.3 Å². The third kappa shape index (κ3) is 8.54. The van der Waals surface area contributed by atoms with Crippen molar-refractivity contribution in [3.05, 3.63) is 83.0 Å². The van der Waals surface area contributed by atoms with Gasteiger partial charge < -0.3 is 46.3 Å². The minimum absolute atomic E-state index is 0.0300. The molecule has 1 aromatic carbocycles. The van der Waals surface area contributed by atoms with Gasteiger partial charge in [-0.05, 0) is 98.6 Å². The number of aliphatic hydroxyl groups excluding tert-OH is 4. The number of dihydropyridines is 1. The number of aliphatic hydroxyl groups is 4. The first kappa shape index (κ1) is 39.3. The predicted molar refractivity (Wildman–Crippen MR) is 216 cm³/mol. The zero-order valence-electron chi connectivity index (χ0n) is 31.2. The van der Waals surface area contributed by atoms with Crippen LogP contribution in [0.2, 0.25) is 0 Å². The average Bonchev–Trinajstić information content (AvgIpc) is 3.52. The Hall–Kier alpha value is -2.98. The van der Waals surface area contributed by atoms with Crippen LogP contribution in [0, 0.1) is 46.8 Å². The molecule has 0 amide bonds. The normalized spacial score (nSPS) is 35.9. The number of H-pyrrole nitrogens is 1. The molecule has 1 saturated carbocycles. The van der Waals surface area contributed by atoms with Crippen molar-refractivity contribution in [3.8, 4) is 23.3 Å². The van der Waals surface area contributed by atoms with Gasteiger partial charge in [0.1, 0.15) is 11.9 Å². The molecule has 2 aliphatic heterocycles. The van der Waals surface area contributed by atoms with Crippen LogP contribution in [-0.4, -0.2) is 79.6 Å². The molecule has 1 aromatic heterocycles. The van der Waals surface area contributed by atoms with Gasteiger partial charge in [0.15, 0.2) is 11.5 Å². The minimum Gasteiger partial charge on any atom is -0.504 e. The van der Waals surface area contributed by atoms with Crippen LogP contribution in [0.1, 0.15) is 75.5 Å². The molecule has 2 fully saturated rings. The van der Waals surface area contributed by atoms with E-state index in [2.05, 4.69) is 53.4 Å². The van der Waals surface area contributed by atoms with Crippen LogP contribution >= 0.6 is 21.6 Å². The fraction of sp³-hybridized carbons (Fsp3) is 0.581. The Morgan fingerprint density at radius 3 is 2.72 bits per heavy atom. The molecule has 11 unspecified atom stereocenters. The smallest absolute Gasteiger partial charge is 0.161 e. The molecule has 292 valence electrons. The second-order valence-corrected chi connectivity index (χ2v) is 18.6. The summed E-state index contributed by atoms with van der Waals surface area (Å²) in [6, 6.07) is 9.32. The fourth-order valence-electron chi connectivity index (χ4n) is 9.51. The summed E-state index contributed by atoms with van der Waals surface area (Å²) in [5, 5.41) is 60.6. The average molecular weight is 776 g/mol. The van der Waals surface area contributed by atoms with Crippen molar-refractivity contribution >= 4 is 21.6 Å². The lowest BCUT2D eigenvalue weighted by Crippen LogP contribution is -2.42. The first-order chi connectivity index (χ1) is 26.2. The van der Waals surface area contributed by atoms with Gasteiger partial charge in [-0.15, -0.1) is 0 Å². The van der Waals surface area contributed by atoms with Crippen LogP contribution in [0.25, 0.3) is 0 Å². The summed E-state index contributed by atoms with van der Waals surface area (Å²) in [6.07, 6.45) is 12.5. The van der Waals surface area contributed by atoms with Crippen LogP contribution in [0.3, 0.4) is 0 Å². The fourth-order valence-corrected chi connectivity index (χ4v) is 12.0. The number of benzene rings is 1. The van der Waals surface area contributed by atoms with E-state index in [1.807, 2.05) is 24.4 Å². The zero-order chi connectivity index (χ0) is 37.8. The first-order valence-corrected chi connectivity index (χ1v) is 22.3. The largest absolute Gasteiger partial charge is 0.504 e. The van der Waals surface area contributed by atoms with Crippen LogP contribution in [0.5, 0.6) is 11.5 Å². The van der Waals surface area contributed by atoms with Gasteiger partial charge in [0, 0.05) is 71.2 Å². The van der Waals surface area contributed by atoms with E-state index in [-0.39, 0.29) is 53.1 Å². The van der Waals surface area contributed by atoms with Crippen molar-refractivity contribution in [2.45, 2.75) is 95.0 Å². The Labute approximate surface area is 327 Å². The maximum atomic E-state index is 11.9. The third-order valence-electron chi connectivity index (χ3n) is 12.9. The quantitative estimate of drug-likeness (QED) is 0.0984. The Kier molecular flexibility index (Phi) is 12.7. The van der Waals surface area contributed by atoms with Crippen molar-refractivity contribution in [1.29, 1.82) is 0 Å². The van der Waals surface area contributed by atoms with E-state index < -0.39 is 30.3 Å². The molecule has 11 heteroatoms. The van der Waals surface area contributed by atoms with E-state index in [0.717, 1.165) is 60.9 Å².